The van der Waals surface area contributed by atoms with E-state index in [-0.39, 0.29) is 5.97 Å². The van der Waals surface area contributed by atoms with Crippen LogP contribution in [0.2, 0.25) is 0 Å². The maximum absolute atomic E-state index is 11.4. The second-order valence-corrected chi connectivity index (χ2v) is 7.63. The van der Waals surface area contributed by atoms with Crippen LogP contribution < -0.4 is 5.32 Å². The third-order valence-electron chi connectivity index (χ3n) is 2.54. The summed E-state index contributed by atoms with van der Waals surface area (Å²) in [6.07, 6.45) is 0. The second kappa shape index (κ2) is 6.68. The molecule has 0 radical (unpaired) electrons. The predicted molar refractivity (Wildman–Crippen MR) is 80.3 cm³/mol. The molecule has 1 fully saturated rings. The molecule has 18 heavy (non-hydrogen) atoms. The molecule has 1 aromatic heterocycles. The van der Waals surface area contributed by atoms with Gasteiger partial charge < -0.3 is 10.1 Å². The lowest BCUT2D eigenvalue weighted by atomic mass is 10.4. The van der Waals surface area contributed by atoms with Crippen molar-refractivity contribution in [1.82, 2.24) is 4.98 Å². The van der Waals surface area contributed by atoms with Crippen molar-refractivity contribution in [1.29, 1.82) is 0 Å². The van der Waals surface area contributed by atoms with Crippen LogP contribution >= 0.6 is 34.9 Å². The molecule has 7 heteroatoms. The van der Waals surface area contributed by atoms with Crippen molar-refractivity contribution in [2.75, 3.05) is 36.2 Å². The summed E-state index contributed by atoms with van der Waals surface area (Å²) in [5.41, 5.74) is 0.427. The van der Waals surface area contributed by atoms with E-state index in [1.165, 1.54) is 35.7 Å². The van der Waals surface area contributed by atoms with Gasteiger partial charge in [-0.25, -0.2) is 9.78 Å². The van der Waals surface area contributed by atoms with Gasteiger partial charge >= 0.3 is 5.97 Å². The molecule has 1 N–H and O–H groups in total. The van der Waals surface area contributed by atoms with Gasteiger partial charge in [0, 0.05) is 33.9 Å². The molecule has 0 spiro atoms. The first kappa shape index (κ1) is 14.0. The SMILES string of the molecule is COC(=O)c1nc(NCC2CSCCS2)sc1C. The van der Waals surface area contributed by atoms with Crippen LogP contribution in [-0.4, -0.2) is 47.1 Å². The van der Waals surface area contributed by atoms with Crippen molar-refractivity contribution in [2.45, 2.75) is 12.2 Å². The van der Waals surface area contributed by atoms with Gasteiger partial charge in [-0.3, -0.25) is 0 Å². The number of thioether (sulfide) groups is 2. The molecule has 1 saturated heterocycles. The van der Waals surface area contributed by atoms with Crippen LogP contribution in [0, 0.1) is 6.92 Å². The minimum atomic E-state index is -0.362. The van der Waals surface area contributed by atoms with Gasteiger partial charge in [-0.15, -0.1) is 11.3 Å². The summed E-state index contributed by atoms with van der Waals surface area (Å²) in [6.45, 7) is 2.80. The first-order valence-electron chi connectivity index (χ1n) is 5.69. The maximum Gasteiger partial charge on any atom is 0.357 e. The summed E-state index contributed by atoms with van der Waals surface area (Å²) in [5.74, 6) is 3.30. The number of methoxy groups -OCH3 is 1. The number of nitrogens with one attached hydrogen (secondary N) is 1. The number of hydrogen-bond acceptors (Lipinski definition) is 7. The molecule has 0 saturated carbocycles. The molecule has 1 unspecified atom stereocenters. The fourth-order valence-corrected chi connectivity index (χ4v) is 5.03. The van der Waals surface area contributed by atoms with Crippen LogP contribution in [0.3, 0.4) is 0 Å². The van der Waals surface area contributed by atoms with E-state index in [9.17, 15) is 4.79 Å². The van der Waals surface area contributed by atoms with E-state index in [1.54, 1.807) is 0 Å². The van der Waals surface area contributed by atoms with E-state index in [0.29, 0.717) is 10.9 Å². The van der Waals surface area contributed by atoms with Crippen LogP contribution in [0.25, 0.3) is 0 Å². The number of anilines is 1. The smallest absolute Gasteiger partial charge is 0.357 e. The van der Waals surface area contributed by atoms with E-state index in [0.717, 1.165) is 16.6 Å². The van der Waals surface area contributed by atoms with Crippen LogP contribution in [-0.2, 0) is 4.74 Å². The number of carbonyl (C=O) groups is 1. The number of thiazole rings is 1. The van der Waals surface area contributed by atoms with Crippen molar-refractivity contribution in [3.63, 3.8) is 0 Å². The zero-order chi connectivity index (χ0) is 13.0. The number of aryl methyl sites for hydroxylation is 1. The monoisotopic (exact) mass is 304 g/mol. The summed E-state index contributed by atoms with van der Waals surface area (Å²) < 4.78 is 4.69. The molecule has 1 aliphatic heterocycles. The van der Waals surface area contributed by atoms with Gasteiger partial charge in [0.25, 0.3) is 0 Å². The van der Waals surface area contributed by atoms with Gasteiger partial charge in [0.05, 0.1) is 7.11 Å². The number of esters is 1. The molecule has 1 aromatic rings. The summed E-state index contributed by atoms with van der Waals surface area (Å²) in [5, 5.41) is 4.76. The molecular formula is C11H16N2O2S3. The summed E-state index contributed by atoms with van der Waals surface area (Å²) >= 11 is 5.52. The van der Waals surface area contributed by atoms with Crippen LogP contribution in [0.1, 0.15) is 15.4 Å². The molecular weight excluding hydrogens is 288 g/mol. The fourth-order valence-electron chi connectivity index (χ4n) is 1.61. The normalized spacial score (nSPS) is 19.6. The Balaban J connectivity index is 1.91. The Bertz CT molecular complexity index is 416. The fraction of sp³-hybridized carbons (Fsp3) is 0.636. The van der Waals surface area contributed by atoms with E-state index in [4.69, 9.17) is 4.74 Å². The molecule has 0 bridgehead atoms. The predicted octanol–water partition coefficient (Wildman–Crippen LogP) is 2.50. The van der Waals surface area contributed by atoms with Gasteiger partial charge in [-0.1, -0.05) is 0 Å². The molecule has 0 aliphatic carbocycles. The maximum atomic E-state index is 11.4. The quantitative estimate of drug-likeness (QED) is 0.863. The van der Waals surface area contributed by atoms with Crippen molar-refractivity contribution in [3.05, 3.63) is 10.6 Å². The average molecular weight is 304 g/mol. The number of hydrogen-bond donors (Lipinski definition) is 1. The molecule has 0 aromatic carbocycles. The van der Waals surface area contributed by atoms with Gasteiger partial charge in [0.2, 0.25) is 0 Å². The lowest BCUT2D eigenvalue weighted by Gasteiger charge is -2.20. The molecule has 0 amide bonds. The second-order valence-electron chi connectivity index (χ2n) is 3.86. The lowest BCUT2D eigenvalue weighted by molar-refractivity contribution is 0.0594. The topological polar surface area (TPSA) is 51.2 Å². The van der Waals surface area contributed by atoms with E-state index in [2.05, 4.69) is 10.3 Å². The van der Waals surface area contributed by atoms with E-state index >= 15 is 0 Å². The number of nitrogens with zero attached hydrogens (tertiary/aromatic N) is 1. The first-order chi connectivity index (χ1) is 8.70. The third-order valence-corrected chi connectivity index (χ3v) is 6.31. The van der Waals surface area contributed by atoms with Gasteiger partial charge in [0.15, 0.2) is 10.8 Å². The molecule has 2 rings (SSSR count). The number of carbonyl (C=O) groups excluding carboxylic acids is 1. The average Bonchev–Trinajstić information content (AvgIpc) is 2.78. The highest BCUT2D eigenvalue weighted by atomic mass is 32.2. The summed E-state index contributed by atoms with van der Waals surface area (Å²) in [7, 11) is 1.38. The largest absolute Gasteiger partial charge is 0.464 e. The Labute approximate surface area is 119 Å². The molecule has 4 nitrogen and oxygen atoms in total. The highest BCUT2D eigenvalue weighted by Crippen LogP contribution is 2.26. The number of aromatic nitrogens is 1. The van der Waals surface area contributed by atoms with Crippen molar-refractivity contribution >= 4 is 46.0 Å². The van der Waals surface area contributed by atoms with Crippen molar-refractivity contribution in [2.24, 2.45) is 0 Å². The highest BCUT2D eigenvalue weighted by molar-refractivity contribution is 8.06. The van der Waals surface area contributed by atoms with Gasteiger partial charge in [0.1, 0.15) is 0 Å². The van der Waals surface area contributed by atoms with Gasteiger partial charge in [-0.05, 0) is 6.92 Å². The standard InChI is InChI=1S/C11H16N2O2S3/c1-7-9(10(14)15-2)13-11(18-7)12-5-8-6-16-3-4-17-8/h8H,3-6H2,1-2H3,(H,12,13). The van der Waals surface area contributed by atoms with Crippen molar-refractivity contribution in [3.8, 4) is 0 Å². The Morgan fingerprint density at radius 3 is 3.06 bits per heavy atom. The molecule has 100 valence electrons. The zero-order valence-corrected chi connectivity index (χ0v) is 12.8. The first-order valence-corrected chi connectivity index (χ1v) is 8.71. The van der Waals surface area contributed by atoms with E-state index in [1.807, 2.05) is 30.4 Å². The van der Waals surface area contributed by atoms with Crippen LogP contribution in [0.5, 0.6) is 0 Å². The Morgan fingerprint density at radius 1 is 1.56 bits per heavy atom. The minimum Gasteiger partial charge on any atom is -0.464 e. The lowest BCUT2D eigenvalue weighted by Crippen LogP contribution is -2.23. The minimum absolute atomic E-state index is 0.362. The number of ether oxygens (including phenoxy) is 1. The van der Waals surface area contributed by atoms with Crippen LogP contribution in [0.15, 0.2) is 0 Å². The Morgan fingerprint density at radius 2 is 2.39 bits per heavy atom. The van der Waals surface area contributed by atoms with E-state index < -0.39 is 0 Å². The molecule has 1 atom stereocenters. The summed E-state index contributed by atoms with van der Waals surface area (Å²) in [4.78, 5) is 16.6. The summed E-state index contributed by atoms with van der Waals surface area (Å²) in [6, 6.07) is 0. The molecule has 1 aliphatic rings. The highest BCUT2D eigenvalue weighted by Gasteiger charge is 2.18. The zero-order valence-electron chi connectivity index (χ0n) is 10.4. The van der Waals surface area contributed by atoms with Crippen molar-refractivity contribution < 1.29 is 9.53 Å². The van der Waals surface area contributed by atoms with Gasteiger partial charge in [-0.2, -0.15) is 23.5 Å². The Kier molecular flexibility index (Phi) is 5.20. The third kappa shape index (κ3) is 3.55. The Hall–Kier alpha value is -0.400. The molecule has 2 heterocycles. The van der Waals surface area contributed by atoms with Crippen LogP contribution in [0.4, 0.5) is 5.13 Å². The number of rotatable bonds is 4.